The smallest absolute Gasteiger partial charge is 0.407 e. The summed E-state index contributed by atoms with van der Waals surface area (Å²) in [5.41, 5.74) is 0.965. The Morgan fingerprint density at radius 1 is 1.32 bits per heavy atom. The van der Waals surface area contributed by atoms with E-state index in [0.717, 1.165) is 37.5 Å². The standard InChI is InChI=1S/C15H19NO3/c17-10-13-7-4-8-14(9-13)16-15(18)19-11-12-5-2-1-3-6-12/h1-3,5-6,10,13-14H,4,7-9,11H2,(H,16,18)/t13-,14-/m1/s1. The summed E-state index contributed by atoms with van der Waals surface area (Å²) >= 11 is 0. The highest BCUT2D eigenvalue weighted by Crippen LogP contribution is 2.22. The van der Waals surface area contributed by atoms with Crippen molar-refractivity contribution in [1.82, 2.24) is 5.32 Å². The number of hydrogen-bond acceptors (Lipinski definition) is 3. The first-order chi connectivity index (χ1) is 9.28. The van der Waals surface area contributed by atoms with Crippen molar-refractivity contribution < 1.29 is 14.3 Å². The van der Waals surface area contributed by atoms with Gasteiger partial charge in [0.2, 0.25) is 0 Å². The summed E-state index contributed by atoms with van der Waals surface area (Å²) in [6.45, 7) is 0.274. The fourth-order valence-corrected chi connectivity index (χ4v) is 2.41. The molecule has 4 nitrogen and oxygen atoms in total. The molecule has 4 heteroatoms. The summed E-state index contributed by atoms with van der Waals surface area (Å²) in [6, 6.07) is 9.63. The van der Waals surface area contributed by atoms with Gasteiger partial charge in [-0.05, 0) is 24.8 Å². The second-order valence-electron chi connectivity index (χ2n) is 4.97. The van der Waals surface area contributed by atoms with Gasteiger partial charge in [0, 0.05) is 12.0 Å². The molecular formula is C15H19NO3. The van der Waals surface area contributed by atoms with Crippen LogP contribution in [-0.4, -0.2) is 18.4 Å². The van der Waals surface area contributed by atoms with Gasteiger partial charge >= 0.3 is 6.09 Å². The lowest BCUT2D eigenvalue weighted by Gasteiger charge is -2.26. The van der Waals surface area contributed by atoms with E-state index >= 15 is 0 Å². The highest BCUT2D eigenvalue weighted by Gasteiger charge is 2.23. The minimum Gasteiger partial charge on any atom is -0.445 e. The molecule has 1 N–H and O–H groups in total. The van der Waals surface area contributed by atoms with Crippen LogP contribution in [0.25, 0.3) is 0 Å². The number of amides is 1. The molecule has 1 aromatic carbocycles. The van der Waals surface area contributed by atoms with E-state index in [1.807, 2.05) is 30.3 Å². The van der Waals surface area contributed by atoms with E-state index in [9.17, 15) is 9.59 Å². The largest absolute Gasteiger partial charge is 0.445 e. The molecule has 0 bridgehead atoms. The molecule has 1 aliphatic rings. The first-order valence-electron chi connectivity index (χ1n) is 6.70. The number of carbonyl (C=O) groups is 2. The Bertz CT molecular complexity index is 419. The normalized spacial score (nSPS) is 22.5. The van der Waals surface area contributed by atoms with Crippen LogP contribution >= 0.6 is 0 Å². The van der Waals surface area contributed by atoms with Crippen LogP contribution in [-0.2, 0) is 16.1 Å². The molecule has 0 radical (unpaired) electrons. The van der Waals surface area contributed by atoms with E-state index < -0.39 is 6.09 Å². The van der Waals surface area contributed by atoms with Crippen LogP contribution in [0.5, 0.6) is 0 Å². The predicted molar refractivity (Wildman–Crippen MR) is 71.6 cm³/mol. The summed E-state index contributed by atoms with van der Waals surface area (Å²) in [5.74, 6) is 0.0770. The van der Waals surface area contributed by atoms with Crippen molar-refractivity contribution in [2.24, 2.45) is 5.92 Å². The van der Waals surface area contributed by atoms with Crippen molar-refractivity contribution in [1.29, 1.82) is 0 Å². The number of aldehydes is 1. The molecule has 0 saturated heterocycles. The fourth-order valence-electron chi connectivity index (χ4n) is 2.41. The van der Waals surface area contributed by atoms with Crippen molar-refractivity contribution in [2.75, 3.05) is 0 Å². The quantitative estimate of drug-likeness (QED) is 0.848. The molecule has 19 heavy (non-hydrogen) atoms. The lowest BCUT2D eigenvalue weighted by Crippen LogP contribution is -2.38. The minimum absolute atomic E-state index is 0.0622. The van der Waals surface area contributed by atoms with Gasteiger partial charge in [0.05, 0.1) is 0 Å². The zero-order valence-electron chi connectivity index (χ0n) is 10.9. The Morgan fingerprint density at radius 3 is 2.84 bits per heavy atom. The predicted octanol–water partition coefficient (Wildman–Crippen LogP) is 2.67. The topological polar surface area (TPSA) is 55.4 Å². The molecule has 1 saturated carbocycles. The van der Waals surface area contributed by atoms with Crippen LogP contribution in [0.1, 0.15) is 31.2 Å². The van der Waals surface area contributed by atoms with E-state index in [4.69, 9.17) is 4.74 Å². The fraction of sp³-hybridized carbons (Fsp3) is 0.467. The number of hydrogen-bond donors (Lipinski definition) is 1. The van der Waals surface area contributed by atoms with Crippen molar-refractivity contribution in [3.8, 4) is 0 Å². The summed E-state index contributed by atoms with van der Waals surface area (Å²) in [6.07, 6.45) is 4.14. The molecule has 1 fully saturated rings. The maximum atomic E-state index is 11.7. The average molecular weight is 261 g/mol. The summed E-state index contributed by atoms with van der Waals surface area (Å²) in [4.78, 5) is 22.4. The Labute approximate surface area is 113 Å². The van der Waals surface area contributed by atoms with Crippen LogP contribution in [0.4, 0.5) is 4.79 Å². The van der Waals surface area contributed by atoms with Crippen LogP contribution < -0.4 is 5.32 Å². The lowest BCUT2D eigenvalue weighted by atomic mass is 9.87. The third-order valence-corrected chi connectivity index (χ3v) is 3.44. The molecule has 2 rings (SSSR count). The SMILES string of the molecule is O=C[C@@H]1CCC[C@@H](NC(=O)OCc2ccccc2)C1. The second-order valence-corrected chi connectivity index (χ2v) is 4.97. The van der Waals surface area contributed by atoms with Gasteiger partial charge in [0.25, 0.3) is 0 Å². The van der Waals surface area contributed by atoms with Crippen molar-refractivity contribution in [3.05, 3.63) is 35.9 Å². The van der Waals surface area contributed by atoms with Gasteiger partial charge in [-0.3, -0.25) is 0 Å². The van der Waals surface area contributed by atoms with E-state index in [0.29, 0.717) is 0 Å². The van der Waals surface area contributed by atoms with E-state index in [-0.39, 0.29) is 18.6 Å². The lowest BCUT2D eigenvalue weighted by molar-refractivity contribution is -0.112. The molecule has 0 aliphatic heterocycles. The van der Waals surface area contributed by atoms with Crippen LogP contribution in [0.15, 0.2) is 30.3 Å². The van der Waals surface area contributed by atoms with Crippen molar-refractivity contribution >= 4 is 12.4 Å². The molecule has 102 valence electrons. The molecule has 0 unspecified atom stereocenters. The zero-order valence-corrected chi connectivity index (χ0v) is 10.9. The Kier molecular flexibility index (Phi) is 4.95. The third kappa shape index (κ3) is 4.39. The van der Waals surface area contributed by atoms with E-state index in [1.165, 1.54) is 0 Å². The molecule has 0 spiro atoms. The monoisotopic (exact) mass is 261 g/mol. The zero-order chi connectivity index (χ0) is 13.5. The van der Waals surface area contributed by atoms with E-state index in [2.05, 4.69) is 5.32 Å². The third-order valence-electron chi connectivity index (χ3n) is 3.44. The highest BCUT2D eigenvalue weighted by molar-refractivity contribution is 5.67. The Morgan fingerprint density at radius 2 is 2.11 bits per heavy atom. The van der Waals surface area contributed by atoms with Gasteiger partial charge in [-0.1, -0.05) is 36.8 Å². The number of benzene rings is 1. The first kappa shape index (κ1) is 13.6. The number of carbonyl (C=O) groups excluding carboxylic acids is 2. The van der Waals surface area contributed by atoms with Crippen molar-refractivity contribution in [3.63, 3.8) is 0 Å². The molecule has 1 amide bonds. The van der Waals surface area contributed by atoms with Gasteiger partial charge in [0.1, 0.15) is 12.9 Å². The van der Waals surface area contributed by atoms with Gasteiger partial charge < -0.3 is 14.8 Å². The van der Waals surface area contributed by atoms with Gasteiger partial charge in [0.15, 0.2) is 0 Å². The maximum Gasteiger partial charge on any atom is 0.407 e. The summed E-state index contributed by atoms with van der Waals surface area (Å²) in [5, 5.41) is 2.83. The maximum absolute atomic E-state index is 11.7. The highest BCUT2D eigenvalue weighted by atomic mass is 16.5. The summed E-state index contributed by atoms with van der Waals surface area (Å²) in [7, 11) is 0. The Balaban J connectivity index is 1.73. The van der Waals surface area contributed by atoms with Crippen LogP contribution in [0.2, 0.25) is 0 Å². The summed E-state index contributed by atoms with van der Waals surface area (Å²) < 4.78 is 5.16. The first-order valence-corrected chi connectivity index (χ1v) is 6.70. The molecule has 2 atom stereocenters. The minimum atomic E-state index is -0.402. The number of nitrogens with one attached hydrogen (secondary N) is 1. The molecule has 1 aromatic rings. The van der Waals surface area contributed by atoms with Crippen LogP contribution in [0.3, 0.4) is 0 Å². The molecule has 0 heterocycles. The average Bonchev–Trinajstić information content (AvgIpc) is 2.46. The molecule has 0 aromatic heterocycles. The van der Waals surface area contributed by atoms with E-state index in [1.54, 1.807) is 0 Å². The number of alkyl carbamates (subject to hydrolysis) is 1. The Hall–Kier alpha value is -1.84. The van der Waals surface area contributed by atoms with Gasteiger partial charge in [-0.25, -0.2) is 4.79 Å². The van der Waals surface area contributed by atoms with Gasteiger partial charge in [-0.15, -0.1) is 0 Å². The second kappa shape index (κ2) is 6.92. The number of ether oxygens (including phenoxy) is 1. The van der Waals surface area contributed by atoms with Crippen LogP contribution in [0, 0.1) is 5.92 Å². The van der Waals surface area contributed by atoms with Crippen molar-refractivity contribution in [2.45, 2.75) is 38.3 Å². The van der Waals surface area contributed by atoms with Gasteiger partial charge in [-0.2, -0.15) is 0 Å². The molecular weight excluding hydrogens is 242 g/mol. The molecule has 1 aliphatic carbocycles. The number of rotatable bonds is 4.